The monoisotopic (exact) mass is 324 g/mol. The van der Waals surface area contributed by atoms with Gasteiger partial charge in [-0.3, -0.25) is 0 Å². The molecule has 0 spiro atoms. The van der Waals surface area contributed by atoms with Gasteiger partial charge in [0, 0.05) is 30.9 Å². The van der Waals surface area contributed by atoms with Gasteiger partial charge in [0.15, 0.2) is 0 Å². The summed E-state index contributed by atoms with van der Waals surface area (Å²) in [6.45, 7) is 2.76. The summed E-state index contributed by atoms with van der Waals surface area (Å²) in [6, 6.07) is 14.0. The van der Waals surface area contributed by atoms with Crippen LogP contribution in [0, 0.1) is 0 Å². The van der Waals surface area contributed by atoms with E-state index in [2.05, 4.69) is 41.0 Å². The largest absolute Gasteiger partial charge is 1.00 e. The van der Waals surface area contributed by atoms with E-state index < -0.39 is 0 Å². The number of likely N-dealkylation sites (N-methyl/N-ethyl adjacent to an activating group) is 1. The molecule has 0 bridgehead atoms. The van der Waals surface area contributed by atoms with Crippen molar-refractivity contribution in [3.05, 3.63) is 59.2 Å². The zero-order valence-electron chi connectivity index (χ0n) is 12.3. The summed E-state index contributed by atoms with van der Waals surface area (Å²) in [4.78, 5) is 8.91. The van der Waals surface area contributed by atoms with Crippen LogP contribution in [0.5, 0.6) is 0 Å². The number of nitrogens with zero attached hydrogens (tertiary/aromatic N) is 3. The average Bonchev–Trinajstić information content (AvgIpc) is 2.46. The van der Waals surface area contributed by atoms with Gasteiger partial charge in [0.25, 0.3) is 0 Å². The van der Waals surface area contributed by atoms with Crippen LogP contribution in [0.1, 0.15) is 5.56 Å². The highest BCUT2D eigenvalue weighted by Crippen LogP contribution is 2.16. The van der Waals surface area contributed by atoms with E-state index >= 15 is 0 Å². The summed E-state index contributed by atoms with van der Waals surface area (Å²) in [5, 5.41) is 0.770. The third-order valence-electron chi connectivity index (χ3n) is 3.08. The molecule has 0 saturated carbocycles. The fourth-order valence-corrected chi connectivity index (χ4v) is 2.07. The maximum Gasteiger partial charge on any atom is 0.128 e. The molecule has 0 unspecified atom stereocenters. The minimum absolute atomic E-state index is 0. The molecule has 114 valence electrons. The Balaban J connectivity index is 0.00000220. The number of hydrogen-bond donors (Lipinski definition) is 0. The van der Waals surface area contributed by atoms with Gasteiger partial charge in [-0.15, -0.1) is 0 Å². The van der Waals surface area contributed by atoms with Crippen LogP contribution in [0.3, 0.4) is 0 Å². The molecule has 2 aromatic rings. The molecular formula is C16H20Cl2N3-. The van der Waals surface area contributed by atoms with E-state index in [4.69, 9.17) is 11.6 Å². The van der Waals surface area contributed by atoms with E-state index in [1.165, 1.54) is 5.56 Å². The molecule has 1 aromatic heterocycles. The lowest BCUT2D eigenvalue weighted by Gasteiger charge is -2.25. The topological polar surface area (TPSA) is 19.4 Å². The average molecular weight is 325 g/mol. The molecule has 2 rings (SSSR count). The Kier molecular flexibility index (Phi) is 7.51. The lowest BCUT2D eigenvalue weighted by atomic mass is 10.2. The van der Waals surface area contributed by atoms with Gasteiger partial charge in [-0.05, 0) is 43.9 Å². The quantitative estimate of drug-likeness (QED) is 0.762. The van der Waals surface area contributed by atoms with Crippen molar-refractivity contribution in [2.24, 2.45) is 0 Å². The second-order valence-corrected chi connectivity index (χ2v) is 5.48. The summed E-state index contributed by atoms with van der Waals surface area (Å²) in [5.41, 5.74) is 1.24. The molecule has 0 fully saturated rings. The van der Waals surface area contributed by atoms with Crippen molar-refractivity contribution in [1.29, 1.82) is 0 Å². The Labute approximate surface area is 138 Å². The van der Waals surface area contributed by atoms with Gasteiger partial charge in [0.1, 0.15) is 5.82 Å². The van der Waals surface area contributed by atoms with E-state index in [-0.39, 0.29) is 12.4 Å². The number of benzene rings is 1. The van der Waals surface area contributed by atoms with E-state index in [1.54, 1.807) is 0 Å². The maximum absolute atomic E-state index is 5.94. The third kappa shape index (κ3) is 5.92. The van der Waals surface area contributed by atoms with Crippen LogP contribution < -0.4 is 17.3 Å². The molecular weight excluding hydrogens is 305 g/mol. The van der Waals surface area contributed by atoms with Crippen LogP contribution in [0.4, 0.5) is 5.82 Å². The van der Waals surface area contributed by atoms with Gasteiger partial charge >= 0.3 is 0 Å². The number of halogens is 2. The summed E-state index contributed by atoms with van der Waals surface area (Å²) in [7, 11) is 4.16. The summed E-state index contributed by atoms with van der Waals surface area (Å²) >= 11 is 5.94. The number of pyridine rings is 1. The Morgan fingerprint density at radius 2 is 1.71 bits per heavy atom. The lowest BCUT2D eigenvalue weighted by Crippen LogP contribution is -3.00. The molecule has 0 aliphatic rings. The van der Waals surface area contributed by atoms with Crippen molar-refractivity contribution < 1.29 is 12.4 Å². The number of anilines is 1. The van der Waals surface area contributed by atoms with Crippen molar-refractivity contribution in [2.75, 3.05) is 32.1 Å². The van der Waals surface area contributed by atoms with E-state index in [0.717, 1.165) is 30.5 Å². The van der Waals surface area contributed by atoms with Crippen molar-refractivity contribution in [2.45, 2.75) is 6.54 Å². The van der Waals surface area contributed by atoms with Crippen molar-refractivity contribution in [3.8, 4) is 0 Å². The fourth-order valence-electron chi connectivity index (χ4n) is 1.95. The summed E-state index contributed by atoms with van der Waals surface area (Å²) in [5.74, 6) is 1.00. The molecule has 0 amide bonds. The molecule has 0 radical (unpaired) electrons. The SMILES string of the molecule is CN(C)CCN(Cc1ccc(Cl)cc1)c1ccccn1.[Cl-]. The molecule has 1 heterocycles. The van der Waals surface area contributed by atoms with Crippen LogP contribution >= 0.6 is 11.6 Å². The first-order valence-corrected chi connectivity index (χ1v) is 7.08. The molecule has 3 nitrogen and oxygen atoms in total. The normalized spacial score (nSPS) is 10.3. The zero-order chi connectivity index (χ0) is 14.4. The fraction of sp³-hybridized carbons (Fsp3) is 0.312. The molecule has 5 heteroatoms. The van der Waals surface area contributed by atoms with E-state index in [1.807, 2.05) is 36.5 Å². The summed E-state index contributed by atoms with van der Waals surface area (Å²) < 4.78 is 0. The first kappa shape index (κ1) is 17.8. The first-order chi connectivity index (χ1) is 9.65. The molecule has 0 atom stereocenters. The van der Waals surface area contributed by atoms with Crippen LogP contribution in [0.25, 0.3) is 0 Å². The van der Waals surface area contributed by atoms with Crippen LogP contribution in [-0.4, -0.2) is 37.1 Å². The Morgan fingerprint density at radius 1 is 1.00 bits per heavy atom. The van der Waals surface area contributed by atoms with Crippen molar-refractivity contribution in [1.82, 2.24) is 9.88 Å². The predicted octanol–water partition coefficient (Wildman–Crippen LogP) is 0.307. The zero-order valence-corrected chi connectivity index (χ0v) is 13.8. The van der Waals surface area contributed by atoms with Gasteiger partial charge < -0.3 is 22.2 Å². The predicted molar refractivity (Wildman–Crippen MR) is 85.3 cm³/mol. The minimum atomic E-state index is 0. The molecule has 0 aliphatic carbocycles. The van der Waals surface area contributed by atoms with E-state index in [9.17, 15) is 0 Å². The van der Waals surface area contributed by atoms with Gasteiger partial charge in [-0.1, -0.05) is 29.8 Å². The smallest absolute Gasteiger partial charge is 0.128 e. The van der Waals surface area contributed by atoms with Crippen molar-refractivity contribution in [3.63, 3.8) is 0 Å². The van der Waals surface area contributed by atoms with Crippen LogP contribution in [0.2, 0.25) is 5.02 Å². The number of aromatic nitrogens is 1. The molecule has 0 aliphatic heterocycles. The minimum Gasteiger partial charge on any atom is -1.00 e. The third-order valence-corrected chi connectivity index (χ3v) is 3.33. The second kappa shape index (κ2) is 8.88. The van der Waals surface area contributed by atoms with Gasteiger partial charge in [0.2, 0.25) is 0 Å². The number of hydrogen-bond acceptors (Lipinski definition) is 3. The van der Waals surface area contributed by atoms with E-state index in [0.29, 0.717) is 0 Å². The highest BCUT2D eigenvalue weighted by atomic mass is 35.5. The Morgan fingerprint density at radius 3 is 2.29 bits per heavy atom. The highest BCUT2D eigenvalue weighted by molar-refractivity contribution is 6.30. The van der Waals surface area contributed by atoms with Crippen LogP contribution in [0.15, 0.2) is 48.7 Å². The molecule has 0 saturated heterocycles. The number of rotatable bonds is 6. The maximum atomic E-state index is 5.94. The van der Waals surface area contributed by atoms with Gasteiger partial charge in [-0.2, -0.15) is 0 Å². The first-order valence-electron chi connectivity index (χ1n) is 6.70. The molecule has 0 N–H and O–H groups in total. The van der Waals surface area contributed by atoms with Gasteiger partial charge in [0.05, 0.1) is 0 Å². The second-order valence-electron chi connectivity index (χ2n) is 5.04. The Bertz CT molecular complexity index is 515. The van der Waals surface area contributed by atoms with Crippen molar-refractivity contribution >= 4 is 17.4 Å². The standard InChI is InChI=1S/C16H20ClN3.ClH/c1-19(2)11-12-20(16-5-3-4-10-18-16)13-14-6-8-15(17)9-7-14;/h3-10H,11-13H2,1-2H3;1H/p-1. The highest BCUT2D eigenvalue weighted by Gasteiger charge is 2.08. The van der Waals surface area contributed by atoms with Crippen LogP contribution in [-0.2, 0) is 6.54 Å². The lowest BCUT2D eigenvalue weighted by molar-refractivity contribution is -0.00000415. The summed E-state index contributed by atoms with van der Waals surface area (Å²) in [6.07, 6.45) is 1.83. The molecule has 21 heavy (non-hydrogen) atoms. The molecule has 1 aromatic carbocycles. The Hall–Kier alpha value is -1.29. The van der Waals surface area contributed by atoms with Gasteiger partial charge in [-0.25, -0.2) is 4.98 Å².